The first-order valence-corrected chi connectivity index (χ1v) is 13.7. The summed E-state index contributed by atoms with van der Waals surface area (Å²) >= 11 is 0. The van der Waals surface area contributed by atoms with Crippen LogP contribution in [0, 0.1) is 5.92 Å². The Labute approximate surface area is 220 Å². The standard InChI is InChI=1S/C32H39N3O2/c1-24(32(37,28-12-4-2-5-13-28)29-14-6-3-7-15-29)33-31(36)34-30-18-16-25(17-19-30)20-21-35-22-26-10-8-9-11-27(26)23-35/h2-15,24-25,30,37H,16-23H2,1H3,(H2,33,34,36)/t24-,25?,30?/m1/s1. The third kappa shape index (κ3) is 5.89. The molecule has 2 amide bonds. The van der Waals surface area contributed by atoms with Crippen LogP contribution in [0.1, 0.15) is 61.3 Å². The molecule has 3 N–H and O–H groups in total. The molecular formula is C32H39N3O2. The molecule has 37 heavy (non-hydrogen) atoms. The molecule has 1 aliphatic carbocycles. The van der Waals surface area contributed by atoms with Crippen molar-refractivity contribution >= 4 is 6.03 Å². The molecule has 194 valence electrons. The summed E-state index contributed by atoms with van der Waals surface area (Å²) in [5.74, 6) is 0.727. The molecule has 0 unspecified atom stereocenters. The van der Waals surface area contributed by atoms with Crippen molar-refractivity contribution in [3.05, 3.63) is 107 Å². The molecule has 1 atom stereocenters. The number of carbonyl (C=O) groups excluding carboxylic acids is 1. The summed E-state index contributed by atoms with van der Waals surface area (Å²) in [7, 11) is 0. The zero-order chi connectivity index (χ0) is 25.7. The van der Waals surface area contributed by atoms with E-state index in [4.69, 9.17) is 0 Å². The molecule has 5 nitrogen and oxygen atoms in total. The molecule has 0 aromatic heterocycles. The third-order valence-corrected chi connectivity index (χ3v) is 8.34. The summed E-state index contributed by atoms with van der Waals surface area (Å²) in [6, 6.07) is 27.4. The fourth-order valence-electron chi connectivity index (χ4n) is 6.10. The lowest BCUT2D eigenvalue weighted by molar-refractivity contribution is 0.0470. The molecule has 2 aliphatic rings. The Kier molecular flexibility index (Phi) is 7.92. The highest BCUT2D eigenvalue weighted by Crippen LogP contribution is 2.33. The Morgan fingerprint density at radius 3 is 1.92 bits per heavy atom. The van der Waals surface area contributed by atoms with Crippen molar-refractivity contribution < 1.29 is 9.90 Å². The van der Waals surface area contributed by atoms with E-state index in [0.717, 1.165) is 62.4 Å². The first-order chi connectivity index (χ1) is 18.0. The predicted octanol–water partition coefficient (Wildman–Crippen LogP) is 5.57. The van der Waals surface area contributed by atoms with Gasteiger partial charge < -0.3 is 15.7 Å². The van der Waals surface area contributed by atoms with Gasteiger partial charge in [-0.15, -0.1) is 0 Å². The van der Waals surface area contributed by atoms with Crippen molar-refractivity contribution in [3.8, 4) is 0 Å². The van der Waals surface area contributed by atoms with E-state index in [0.29, 0.717) is 0 Å². The van der Waals surface area contributed by atoms with Crippen LogP contribution >= 0.6 is 0 Å². The number of hydrogen-bond acceptors (Lipinski definition) is 3. The van der Waals surface area contributed by atoms with E-state index in [2.05, 4.69) is 39.8 Å². The normalized spacial score (nSPS) is 20.7. The van der Waals surface area contributed by atoms with E-state index >= 15 is 0 Å². The minimum Gasteiger partial charge on any atom is -0.378 e. The van der Waals surface area contributed by atoms with E-state index in [9.17, 15) is 9.90 Å². The Morgan fingerprint density at radius 2 is 1.38 bits per heavy atom. The highest BCUT2D eigenvalue weighted by molar-refractivity contribution is 5.75. The Balaban J connectivity index is 1.10. The lowest BCUT2D eigenvalue weighted by Gasteiger charge is -2.36. The molecule has 1 heterocycles. The van der Waals surface area contributed by atoms with Gasteiger partial charge in [-0.25, -0.2) is 4.79 Å². The van der Waals surface area contributed by atoms with Crippen molar-refractivity contribution in [1.82, 2.24) is 15.5 Å². The van der Waals surface area contributed by atoms with Crippen LogP contribution in [0.15, 0.2) is 84.9 Å². The maximum atomic E-state index is 13.0. The van der Waals surface area contributed by atoms with Gasteiger partial charge in [-0.3, -0.25) is 4.90 Å². The minimum atomic E-state index is -1.33. The fraction of sp³-hybridized carbons (Fsp3) is 0.406. The largest absolute Gasteiger partial charge is 0.378 e. The fourth-order valence-corrected chi connectivity index (χ4v) is 6.10. The van der Waals surface area contributed by atoms with Gasteiger partial charge in [-0.1, -0.05) is 84.9 Å². The first kappa shape index (κ1) is 25.5. The van der Waals surface area contributed by atoms with Crippen LogP contribution in [-0.4, -0.2) is 34.7 Å². The summed E-state index contributed by atoms with van der Waals surface area (Å²) in [5.41, 5.74) is 3.14. The van der Waals surface area contributed by atoms with Gasteiger partial charge in [-0.05, 0) is 73.7 Å². The summed E-state index contributed by atoms with van der Waals surface area (Å²) < 4.78 is 0. The third-order valence-electron chi connectivity index (χ3n) is 8.34. The van der Waals surface area contributed by atoms with E-state index in [-0.39, 0.29) is 12.1 Å². The number of carbonyl (C=O) groups is 1. The highest BCUT2D eigenvalue weighted by atomic mass is 16.3. The zero-order valence-corrected chi connectivity index (χ0v) is 21.8. The van der Waals surface area contributed by atoms with Crippen LogP contribution in [0.2, 0.25) is 0 Å². The smallest absolute Gasteiger partial charge is 0.315 e. The summed E-state index contributed by atoms with van der Waals surface area (Å²) in [5, 5.41) is 18.1. The topological polar surface area (TPSA) is 64.6 Å². The van der Waals surface area contributed by atoms with Gasteiger partial charge in [0.15, 0.2) is 0 Å². The maximum absolute atomic E-state index is 13.0. The SMILES string of the molecule is C[C@@H](NC(=O)NC1CCC(CCN2Cc3ccccc3C2)CC1)C(O)(c1ccccc1)c1ccccc1. The first-order valence-electron chi connectivity index (χ1n) is 13.7. The molecule has 1 aliphatic heterocycles. The van der Waals surface area contributed by atoms with Gasteiger partial charge in [0.1, 0.15) is 5.60 Å². The highest BCUT2D eigenvalue weighted by Gasteiger charge is 2.38. The lowest BCUT2D eigenvalue weighted by Crippen LogP contribution is -2.54. The number of nitrogens with zero attached hydrogens (tertiary/aromatic N) is 1. The second-order valence-electron chi connectivity index (χ2n) is 10.8. The van der Waals surface area contributed by atoms with Crippen LogP contribution in [0.3, 0.4) is 0 Å². The molecule has 0 spiro atoms. The predicted molar refractivity (Wildman–Crippen MR) is 148 cm³/mol. The quantitative estimate of drug-likeness (QED) is 0.381. The van der Waals surface area contributed by atoms with Crippen molar-refractivity contribution in [1.29, 1.82) is 0 Å². The van der Waals surface area contributed by atoms with E-state index < -0.39 is 11.6 Å². The number of nitrogens with one attached hydrogen (secondary N) is 2. The molecule has 5 heteroatoms. The molecule has 3 aromatic carbocycles. The molecule has 0 bridgehead atoms. The average Bonchev–Trinajstić information content (AvgIpc) is 3.36. The van der Waals surface area contributed by atoms with Crippen molar-refractivity contribution in [3.63, 3.8) is 0 Å². The van der Waals surface area contributed by atoms with Crippen molar-refractivity contribution in [2.75, 3.05) is 6.54 Å². The van der Waals surface area contributed by atoms with Gasteiger partial charge in [-0.2, -0.15) is 0 Å². The number of benzene rings is 3. The maximum Gasteiger partial charge on any atom is 0.315 e. The number of hydrogen-bond donors (Lipinski definition) is 3. The minimum absolute atomic E-state index is 0.182. The number of urea groups is 1. The van der Waals surface area contributed by atoms with Crippen LogP contribution in [0.5, 0.6) is 0 Å². The molecule has 1 saturated carbocycles. The van der Waals surface area contributed by atoms with Crippen LogP contribution in [-0.2, 0) is 18.7 Å². The Hall–Kier alpha value is -3.15. The molecular weight excluding hydrogens is 458 g/mol. The van der Waals surface area contributed by atoms with Crippen molar-refractivity contribution in [2.24, 2.45) is 5.92 Å². The average molecular weight is 498 g/mol. The Bertz CT molecular complexity index is 1090. The van der Waals surface area contributed by atoms with Gasteiger partial charge in [0.25, 0.3) is 0 Å². The summed E-state index contributed by atoms with van der Waals surface area (Å²) in [6.45, 7) is 5.16. The summed E-state index contributed by atoms with van der Waals surface area (Å²) in [4.78, 5) is 15.5. The van der Waals surface area contributed by atoms with Crippen molar-refractivity contribution in [2.45, 2.75) is 69.8 Å². The molecule has 0 saturated heterocycles. The van der Waals surface area contributed by atoms with Gasteiger partial charge in [0.2, 0.25) is 0 Å². The zero-order valence-electron chi connectivity index (χ0n) is 21.8. The van der Waals surface area contributed by atoms with Crippen LogP contribution < -0.4 is 10.6 Å². The summed E-state index contributed by atoms with van der Waals surface area (Å²) in [6.07, 6.45) is 5.55. The second kappa shape index (κ2) is 11.5. The van der Waals surface area contributed by atoms with E-state index in [1.807, 2.05) is 67.6 Å². The lowest BCUT2D eigenvalue weighted by atomic mass is 9.81. The number of aliphatic hydroxyl groups is 1. The molecule has 0 radical (unpaired) electrons. The van der Waals surface area contributed by atoms with Gasteiger partial charge in [0.05, 0.1) is 6.04 Å². The van der Waals surface area contributed by atoms with Crippen LogP contribution in [0.25, 0.3) is 0 Å². The van der Waals surface area contributed by atoms with Gasteiger partial charge >= 0.3 is 6.03 Å². The molecule has 1 fully saturated rings. The number of fused-ring (bicyclic) bond motifs is 1. The molecule has 3 aromatic rings. The van der Waals surface area contributed by atoms with E-state index in [1.165, 1.54) is 17.5 Å². The number of rotatable bonds is 8. The molecule has 5 rings (SSSR count). The van der Waals surface area contributed by atoms with Crippen LogP contribution in [0.4, 0.5) is 4.79 Å². The number of amides is 2. The van der Waals surface area contributed by atoms with Gasteiger partial charge in [0, 0.05) is 19.1 Å². The second-order valence-corrected chi connectivity index (χ2v) is 10.8. The monoisotopic (exact) mass is 497 g/mol. The Morgan fingerprint density at radius 1 is 0.865 bits per heavy atom. The van der Waals surface area contributed by atoms with E-state index in [1.54, 1.807) is 0 Å².